The summed E-state index contributed by atoms with van der Waals surface area (Å²) in [6.07, 6.45) is 2.29. The average molecular weight is 311 g/mol. The van der Waals surface area contributed by atoms with Crippen molar-refractivity contribution in [3.63, 3.8) is 0 Å². The molecule has 18 heavy (non-hydrogen) atoms. The maximum atomic E-state index is 12.4. The second-order valence-electron chi connectivity index (χ2n) is 4.98. The Morgan fingerprint density at radius 1 is 1.44 bits per heavy atom. The van der Waals surface area contributed by atoms with Crippen LogP contribution in [0.1, 0.15) is 19.8 Å². The SMILES string of the molecule is CC(N)C1CCCN(C(=O)C2CSCCS2)C1.Cl. The summed E-state index contributed by atoms with van der Waals surface area (Å²) < 4.78 is 0. The molecular formula is C12H23ClN2OS2. The number of hydrogen-bond donors (Lipinski definition) is 1. The largest absolute Gasteiger partial charge is 0.341 e. The average Bonchev–Trinajstić information content (AvgIpc) is 2.39. The van der Waals surface area contributed by atoms with E-state index in [1.165, 1.54) is 12.2 Å². The van der Waals surface area contributed by atoms with E-state index < -0.39 is 0 Å². The van der Waals surface area contributed by atoms with Gasteiger partial charge in [-0.05, 0) is 25.7 Å². The van der Waals surface area contributed by atoms with Crippen LogP contribution in [0.2, 0.25) is 0 Å². The van der Waals surface area contributed by atoms with Crippen molar-refractivity contribution in [2.45, 2.75) is 31.1 Å². The van der Waals surface area contributed by atoms with Gasteiger partial charge in [-0.1, -0.05) is 0 Å². The molecule has 3 atom stereocenters. The van der Waals surface area contributed by atoms with E-state index in [0.29, 0.717) is 11.8 Å². The fourth-order valence-electron chi connectivity index (χ4n) is 2.47. The van der Waals surface area contributed by atoms with E-state index in [9.17, 15) is 4.79 Å². The molecule has 2 aliphatic rings. The van der Waals surface area contributed by atoms with Gasteiger partial charge in [0.2, 0.25) is 5.91 Å². The molecule has 3 unspecified atom stereocenters. The van der Waals surface area contributed by atoms with Crippen LogP contribution < -0.4 is 5.73 Å². The van der Waals surface area contributed by atoms with Crippen LogP contribution in [0.3, 0.4) is 0 Å². The monoisotopic (exact) mass is 310 g/mol. The van der Waals surface area contributed by atoms with Gasteiger partial charge in [0.15, 0.2) is 0 Å². The Balaban J connectivity index is 0.00000162. The number of carbonyl (C=O) groups excluding carboxylic acids is 1. The number of nitrogens with two attached hydrogens (primary N) is 1. The molecular weight excluding hydrogens is 288 g/mol. The summed E-state index contributed by atoms with van der Waals surface area (Å²) in [6.45, 7) is 3.87. The van der Waals surface area contributed by atoms with Gasteiger partial charge in [0.05, 0.1) is 5.25 Å². The molecule has 1 amide bonds. The van der Waals surface area contributed by atoms with Crippen molar-refractivity contribution in [2.75, 3.05) is 30.3 Å². The van der Waals surface area contributed by atoms with Crippen LogP contribution in [-0.2, 0) is 4.79 Å². The smallest absolute Gasteiger partial charge is 0.236 e. The normalized spacial score (nSPS) is 30.4. The zero-order valence-electron chi connectivity index (χ0n) is 10.8. The first-order chi connectivity index (χ1) is 8.18. The minimum absolute atomic E-state index is 0. The van der Waals surface area contributed by atoms with Gasteiger partial charge in [-0.25, -0.2) is 0 Å². The number of piperidine rings is 1. The zero-order chi connectivity index (χ0) is 12.3. The standard InChI is InChI=1S/C12H22N2OS2.ClH/c1-9(13)10-3-2-4-14(7-10)12(15)11-8-16-5-6-17-11;/h9-11H,2-8,13H2,1H3;1H. The summed E-state index contributed by atoms with van der Waals surface area (Å²) in [7, 11) is 0. The van der Waals surface area contributed by atoms with Gasteiger partial charge < -0.3 is 10.6 Å². The highest BCUT2D eigenvalue weighted by Gasteiger charge is 2.31. The third-order valence-electron chi connectivity index (χ3n) is 3.60. The van der Waals surface area contributed by atoms with E-state index in [-0.39, 0.29) is 23.7 Å². The zero-order valence-corrected chi connectivity index (χ0v) is 13.3. The van der Waals surface area contributed by atoms with E-state index in [2.05, 4.69) is 11.8 Å². The fraction of sp³-hybridized carbons (Fsp3) is 0.917. The van der Waals surface area contributed by atoms with Crippen LogP contribution in [0.5, 0.6) is 0 Å². The van der Waals surface area contributed by atoms with Crippen LogP contribution in [0, 0.1) is 5.92 Å². The summed E-state index contributed by atoms with van der Waals surface area (Å²) >= 11 is 3.74. The summed E-state index contributed by atoms with van der Waals surface area (Å²) in [5.74, 6) is 4.15. The molecule has 2 aliphatic heterocycles. The number of halogens is 1. The molecule has 0 bridgehead atoms. The van der Waals surface area contributed by atoms with Crippen LogP contribution in [0.4, 0.5) is 0 Å². The Morgan fingerprint density at radius 2 is 2.22 bits per heavy atom. The van der Waals surface area contributed by atoms with Gasteiger partial charge in [0.1, 0.15) is 0 Å². The van der Waals surface area contributed by atoms with Crippen molar-refractivity contribution in [2.24, 2.45) is 11.7 Å². The third-order valence-corrected chi connectivity index (χ3v) is 6.35. The first-order valence-corrected chi connectivity index (χ1v) is 8.62. The van der Waals surface area contributed by atoms with Crippen molar-refractivity contribution in [1.82, 2.24) is 4.90 Å². The summed E-state index contributed by atoms with van der Waals surface area (Å²) in [4.78, 5) is 14.4. The number of nitrogens with zero attached hydrogens (tertiary/aromatic N) is 1. The van der Waals surface area contributed by atoms with Crippen molar-refractivity contribution in [3.05, 3.63) is 0 Å². The van der Waals surface area contributed by atoms with E-state index in [4.69, 9.17) is 5.73 Å². The molecule has 6 heteroatoms. The van der Waals surface area contributed by atoms with Gasteiger partial charge >= 0.3 is 0 Å². The topological polar surface area (TPSA) is 46.3 Å². The minimum atomic E-state index is 0. The van der Waals surface area contributed by atoms with Gasteiger partial charge in [0, 0.05) is 36.4 Å². The Labute approximate surface area is 124 Å². The van der Waals surface area contributed by atoms with E-state index in [0.717, 1.165) is 31.0 Å². The number of likely N-dealkylation sites (tertiary alicyclic amines) is 1. The van der Waals surface area contributed by atoms with Gasteiger partial charge in [-0.15, -0.1) is 24.2 Å². The first kappa shape index (κ1) is 16.5. The molecule has 2 saturated heterocycles. The number of carbonyl (C=O) groups is 1. The highest BCUT2D eigenvalue weighted by atomic mass is 35.5. The molecule has 0 aromatic heterocycles. The third kappa shape index (κ3) is 4.22. The van der Waals surface area contributed by atoms with Gasteiger partial charge in [-0.2, -0.15) is 11.8 Å². The molecule has 0 spiro atoms. The first-order valence-electron chi connectivity index (χ1n) is 6.42. The molecule has 0 radical (unpaired) electrons. The molecule has 2 rings (SSSR count). The van der Waals surface area contributed by atoms with Gasteiger partial charge in [-0.3, -0.25) is 4.79 Å². The summed E-state index contributed by atoms with van der Waals surface area (Å²) in [5, 5.41) is 0.195. The predicted molar refractivity (Wildman–Crippen MR) is 83.8 cm³/mol. The number of thioether (sulfide) groups is 2. The van der Waals surface area contributed by atoms with Crippen LogP contribution in [-0.4, -0.2) is 52.4 Å². The Bertz CT molecular complexity index is 273. The van der Waals surface area contributed by atoms with E-state index in [1.54, 1.807) is 0 Å². The van der Waals surface area contributed by atoms with Crippen LogP contribution in [0.25, 0.3) is 0 Å². The van der Waals surface area contributed by atoms with Crippen molar-refractivity contribution >= 4 is 41.8 Å². The lowest BCUT2D eigenvalue weighted by molar-refractivity contribution is -0.132. The Kier molecular flexibility index (Phi) is 7.21. The fourth-order valence-corrected chi connectivity index (χ4v) is 5.10. The number of rotatable bonds is 2. The predicted octanol–water partition coefficient (Wildman–Crippen LogP) is 1.84. The maximum Gasteiger partial charge on any atom is 0.236 e. The van der Waals surface area contributed by atoms with Crippen molar-refractivity contribution < 1.29 is 4.79 Å². The van der Waals surface area contributed by atoms with E-state index >= 15 is 0 Å². The molecule has 2 heterocycles. The molecule has 2 N–H and O–H groups in total. The lowest BCUT2D eigenvalue weighted by Crippen LogP contribution is -2.48. The highest BCUT2D eigenvalue weighted by molar-refractivity contribution is 8.07. The number of amides is 1. The molecule has 106 valence electrons. The quantitative estimate of drug-likeness (QED) is 0.845. The van der Waals surface area contributed by atoms with Crippen LogP contribution in [0.15, 0.2) is 0 Å². The minimum Gasteiger partial charge on any atom is -0.341 e. The second kappa shape index (κ2) is 7.88. The highest BCUT2D eigenvalue weighted by Crippen LogP contribution is 2.27. The Morgan fingerprint density at radius 3 is 2.83 bits per heavy atom. The van der Waals surface area contributed by atoms with E-state index in [1.807, 2.05) is 23.5 Å². The molecule has 3 nitrogen and oxygen atoms in total. The second-order valence-corrected chi connectivity index (χ2v) is 7.44. The van der Waals surface area contributed by atoms with Crippen LogP contribution >= 0.6 is 35.9 Å². The Hall–Kier alpha value is 0.420. The lowest BCUT2D eigenvalue weighted by Gasteiger charge is -2.37. The maximum absolute atomic E-state index is 12.4. The van der Waals surface area contributed by atoms with Crippen molar-refractivity contribution in [3.8, 4) is 0 Å². The van der Waals surface area contributed by atoms with Gasteiger partial charge in [0.25, 0.3) is 0 Å². The van der Waals surface area contributed by atoms with Crippen molar-refractivity contribution in [1.29, 1.82) is 0 Å². The molecule has 2 fully saturated rings. The lowest BCUT2D eigenvalue weighted by atomic mass is 9.92. The molecule has 0 aromatic carbocycles. The molecule has 0 aromatic rings. The molecule has 0 saturated carbocycles. The summed E-state index contributed by atoms with van der Waals surface area (Å²) in [6, 6.07) is 0.207. The summed E-state index contributed by atoms with van der Waals surface area (Å²) in [5.41, 5.74) is 5.96. The molecule has 0 aliphatic carbocycles. The number of hydrogen-bond acceptors (Lipinski definition) is 4.